The van der Waals surface area contributed by atoms with Crippen LogP contribution in [0.2, 0.25) is 0 Å². The predicted molar refractivity (Wildman–Crippen MR) is 76.7 cm³/mol. The predicted octanol–water partition coefficient (Wildman–Crippen LogP) is 4.00. The number of carboxylic acid groups (broad SMARTS) is 1. The number of hydrogen-bond donors (Lipinski definition) is 2. The summed E-state index contributed by atoms with van der Waals surface area (Å²) in [5, 5.41) is 19.2. The van der Waals surface area contributed by atoms with Crippen LogP contribution in [0.5, 0.6) is 5.75 Å². The minimum Gasteiger partial charge on any atom is -0.507 e. The van der Waals surface area contributed by atoms with Crippen LogP contribution in [0.4, 0.5) is 0 Å². The Balaban J connectivity index is 2.54. The van der Waals surface area contributed by atoms with Crippen molar-refractivity contribution in [2.45, 2.75) is 12.8 Å². The number of rotatable bonds is 3. The molecule has 0 heterocycles. The molecule has 0 radical (unpaired) electrons. The Labute approximate surface area is 119 Å². The molecule has 0 bridgehead atoms. The van der Waals surface area contributed by atoms with Crippen LogP contribution in [0, 0.1) is 0 Å². The lowest BCUT2D eigenvalue weighted by atomic mass is 9.91. The smallest absolute Gasteiger partial charge is 0.339 e. The van der Waals surface area contributed by atoms with Crippen molar-refractivity contribution in [1.29, 1.82) is 0 Å². The second-order valence-corrected chi connectivity index (χ2v) is 5.24. The van der Waals surface area contributed by atoms with Crippen LogP contribution in [0.25, 0.3) is 0 Å². The van der Waals surface area contributed by atoms with Crippen molar-refractivity contribution in [2.24, 2.45) is 0 Å². The number of benzene rings is 2. The summed E-state index contributed by atoms with van der Waals surface area (Å²) in [7, 11) is 0. The summed E-state index contributed by atoms with van der Waals surface area (Å²) >= 11 is 3.28. The van der Waals surface area contributed by atoms with Crippen LogP contribution in [-0.4, -0.2) is 16.2 Å². The number of carbonyl (C=O) groups is 1. The Morgan fingerprint density at radius 1 is 1.21 bits per heavy atom. The second-order valence-electron chi connectivity index (χ2n) is 4.33. The standard InChI is InChI=1S/C15H13BrO3/c1-9(10-5-3-2-4-6-10)12-7-11(16)8-13(14(12)17)15(18)19/h2-9,17H,1H3,(H,18,19). The first-order chi connectivity index (χ1) is 9.00. The van der Waals surface area contributed by atoms with Gasteiger partial charge in [-0.25, -0.2) is 4.79 Å². The Morgan fingerprint density at radius 2 is 1.84 bits per heavy atom. The Kier molecular flexibility index (Phi) is 3.90. The van der Waals surface area contributed by atoms with Crippen molar-refractivity contribution in [3.05, 3.63) is 63.6 Å². The molecule has 2 N–H and O–H groups in total. The largest absolute Gasteiger partial charge is 0.507 e. The van der Waals surface area contributed by atoms with Crippen LogP contribution in [0.15, 0.2) is 46.9 Å². The van der Waals surface area contributed by atoms with E-state index in [2.05, 4.69) is 15.9 Å². The zero-order valence-corrected chi connectivity index (χ0v) is 11.9. The van der Waals surface area contributed by atoms with Gasteiger partial charge in [0.2, 0.25) is 0 Å². The molecule has 19 heavy (non-hydrogen) atoms. The molecule has 1 unspecified atom stereocenters. The van der Waals surface area contributed by atoms with Gasteiger partial charge in [-0.3, -0.25) is 0 Å². The van der Waals surface area contributed by atoms with Gasteiger partial charge in [-0.05, 0) is 17.7 Å². The van der Waals surface area contributed by atoms with Crippen molar-refractivity contribution < 1.29 is 15.0 Å². The molecule has 0 aliphatic carbocycles. The highest BCUT2D eigenvalue weighted by atomic mass is 79.9. The van der Waals surface area contributed by atoms with E-state index in [0.717, 1.165) is 5.56 Å². The molecule has 1 atom stereocenters. The highest BCUT2D eigenvalue weighted by Crippen LogP contribution is 2.35. The first-order valence-corrected chi connectivity index (χ1v) is 6.60. The lowest BCUT2D eigenvalue weighted by Gasteiger charge is -2.16. The number of carboxylic acids is 1. The first kappa shape index (κ1) is 13.6. The summed E-state index contributed by atoms with van der Waals surface area (Å²) in [6.07, 6.45) is 0. The summed E-state index contributed by atoms with van der Waals surface area (Å²) in [6, 6.07) is 12.8. The number of aromatic carboxylic acids is 1. The molecule has 98 valence electrons. The molecule has 0 saturated carbocycles. The number of halogens is 1. The fourth-order valence-corrected chi connectivity index (χ4v) is 2.51. The van der Waals surface area contributed by atoms with Gasteiger partial charge in [-0.15, -0.1) is 0 Å². The van der Waals surface area contributed by atoms with Gasteiger partial charge in [0.1, 0.15) is 11.3 Å². The number of hydrogen-bond acceptors (Lipinski definition) is 2. The van der Waals surface area contributed by atoms with Gasteiger partial charge in [-0.1, -0.05) is 53.2 Å². The molecule has 2 aromatic carbocycles. The van der Waals surface area contributed by atoms with Crippen molar-refractivity contribution in [3.63, 3.8) is 0 Å². The highest BCUT2D eigenvalue weighted by Gasteiger charge is 2.19. The normalized spacial score (nSPS) is 12.1. The fourth-order valence-electron chi connectivity index (χ4n) is 2.03. The van der Waals surface area contributed by atoms with E-state index in [1.165, 1.54) is 6.07 Å². The monoisotopic (exact) mass is 320 g/mol. The fraction of sp³-hybridized carbons (Fsp3) is 0.133. The van der Waals surface area contributed by atoms with Crippen LogP contribution >= 0.6 is 15.9 Å². The molecule has 0 amide bonds. The summed E-state index contributed by atoms with van der Waals surface area (Å²) in [6.45, 7) is 1.93. The molecule has 2 aromatic rings. The molecular weight excluding hydrogens is 308 g/mol. The van der Waals surface area contributed by atoms with E-state index >= 15 is 0 Å². The van der Waals surface area contributed by atoms with Crippen molar-refractivity contribution in [2.75, 3.05) is 0 Å². The van der Waals surface area contributed by atoms with E-state index in [-0.39, 0.29) is 17.2 Å². The van der Waals surface area contributed by atoms with Gasteiger partial charge in [0.15, 0.2) is 0 Å². The maximum absolute atomic E-state index is 11.1. The zero-order valence-electron chi connectivity index (χ0n) is 10.3. The Hall–Kier alpha value is -1.81. The quantitative estimate of drug-likeness (QED) is 0.898. The van der Waals surface area contributed by atoms with E-state index < -0.39 is 5.97 Å². The van der Waals surface area contributed by atoms with E-state index in [4.69, 9.17) is 5.11 Å². The maximum atomic E-state index is 11.1. The molecule has 0 saturated heterocycles. The van der Waals surface area contributed by atoms with Gasteiger partial charge < -0.3 is 10.2 Å². The zero-order chi connectivity index (χ0) is 14.0. The SMILES string of the molecule is CC(c1ccccc1)c1cc(Br)cc(C(=O)O)c1O. The molecular formula is C15H13BrO3. The van der Waals surface area contributed by atoms with Crippen molar-refractivity contribution in [3.8, 4) is 5.75 Å². The molecule has 0 spiro atoms. The average molecular weight is 321 g/mol. The third-order valence-electron chi connectivity index (χ3n) is 3.10. The molecule has 0 aliphatic rings. The van der Waals surface area contributed by atoms with Gasteiger partial charge >= 0.3 is 5.97 Å². The average Bonchev–Trinajstić information content (AvgIpc) is 2.41. The number of aromatic hydroxyl groups is 1. The van der Waals surface area contributed by atoms with Gasteiger partial charge in [-0.2, -0.15) is 0 Å². The minimum absolute atomic E-state index is 0.0863. The third kappa shape index (κ3) is 2.79. The topological polar surface area (TPSA) is 57.5 Å². The summed E-state index contributed by atoms with van der Waals surface area (Å²) in [4.78, 5) is 11.1. The van der Waals surface area contributed by atoms with Gasteiger partial charge in [0.05, 0.1) is 0 Å². The summed E-state index contributed by atoms with van der Waals surface area (Å²) < 4.78 is 0.639. The molecule has 0 aliphatic heterocycles. The van der Waals surface area contributed by atoms with Gasteiger partial charge in [0.25, 0.3) is 0 Å². The highest BCUT2D eigenvalue weighted by molar-refractivity contribution is 9.10. The summed E-state index contributed by atoms with van der Waals surface area (Å²) in [5.74, 6) is -1.40. The van der Waals surface area contributed by atoms with Crippen LogP contribution in [0.3, 0.4) is 0 Å². The second kappa shape index (κ2) is 5.45. The van der Waals surface area contributed by atoms with E-state index in [1.807, 2.05) is 37.3 Å². The lowest BCUT2D eigenvalue weighted by Crippen LogP contribution is -2.03. The van der Waals surface area contributed by atoms with E-state index in [9.17, 15) is 9.90 Å². The number of phenols is 1. The van der Waals surface area contributed by atoms with E-state index in [0.29, 0.717) is 10.0 Å². The van der Waals surface area contributed by atoms with Crippen molar-refractivity contribution >= 4 is 21.9 Å². The molecule has 2 rings (SSSR count). The van der Waals surface area contributed by atoms with Crippen molar-refractivity contribution in [1.82, 2.24) is 0 Å². The molecule has 0 fully saturated rings. The Bertz CT molecular complexity index is 608. The lowest BCUT2D eigenvalue weighted by molar-refractivity contribution is 0.0693. The summed E-state index contributed by atoms with van der Waals surface area (Å²) in [5.41, 5.74) is 1.53. The molecule has 0 aromatic heterocycles. The van der Waals surface area contributed by atoms with Crippen LogP contribution in [0.1, 0.15) is 34.3 Å². The third-order valence-corrected chi connectivity index (χ3v) is 3.56. The van der Waals surface area contributed by atoms with Crippen LogP contribution < -0.4 is 0 Å². The van der Waals surface area contributed by atoms with E-state index in [1.54, 1.807) is 6.07 Å². The minimum atomic E-state index is -1.14. The van der Waals surface area contributed by atoms with Gasteiger partial charge in [0, 0.05) is 16.0 Å². The Morgan fingerprint density at radius 3 is 2.42 bits per heavy atom. The van der Waals surface area contributed by atoms with Crippen LogP contribution in [-0.2, 0) is 0 Å². The first-order valence-electron chi connectivity index (χ1n) is 5.81. The molecule has 4 heteroatoms. The molecule has 3 nitrogen and oxygen atoms in total. The maximum Gasteiger partial charge on any atom is 0.339 e.